The van der Waals surface area contributed by atoms with Crippen LogP contribution in [0.15, 0.2) is 35.5 Å². The van der Waals surface area contributed by atoms with E-state index in [9.17, 15) is 13.6 Å². The molecule has 4 rings (SSSR count). The van der Waals surface area contributed by atoms with Crippen LogP contribution >= 0.6 is 11.9 Å². The van der Waals surface area contributed by atoms with Gasteiger partial charge in [-0.05, 0) is 73.6 Å². The molecule has 1 aromatic heterocycles. The van der Waals surface area contributed by atoms with E-state index >= 15 is 0 Å². The molecule has 31 heavy (non-hydrogen) atoms. The molecule has 2 aliphatic carbocycles. The lowest BCUT2D eigenvalue weighted by Gasteiger charge is -2.42. The molecule has 1 aromatic carbocycles. The second kappa shape index (κ2) is 9.12. The number of halogens is 2. The Morgan fingerprint density at radius 3 is 2.74 bits per heavy atom. The molecular formula is C23H27F2N3O2S. The van der Waals surface area contributed by atoms with Crippen LogP contribution in [0.3, 0.4) is 0 Å². The molecule has 1 amide bonds. The Hall–Kier alpha value is -2.19. The number of methoxy groups -OCH3 is 1. The molecule has 8 heteroatoms. The van der Waals surface area contributed by atoms with Crippen molar-refractivity contribution in [3.8, 4) is 5.75 Å². The molecule has 2 aliphatic rings. The third-order valence-electron chi connectivity index (χ3n) is 6.93. The van der Waals surface area contributed by atoms with Gasteiger partial charge in [0.25, 0.3) is 0 Å². The number of aromatic nitrogens is 1. The Labute approximate surface area is 185 Å². The first-order chi connectivity index (χ1) is 15.0. The predicted molar refractivity (Wildman–Crippen MR) is 117 cm³/mol. The van der Waals surface area contributed by atoms with Crippen molar-refractivity contribution in [1.82, 2.24) is 4.98 Å². The van der Waals surface area contributed by atoms with Gasteiger partial charge in [0.15, 0.2) is 11.6 Å². The Balaban J connectivity index is 1.67. The number of anilines is 1. The molecule has 0 aliphatic heterocycles. The third kappa shape index (κ3) is 4.41. The quantitative estimate of drug-likeness (QED) is 0.599. The fourth-order valence-electron chi connectivity index (χ4n) is 5.43. The van der Waals surface area contributed by atoms with Gasteiger partial charge >= 0.3 is 0 Å². The van der Waals surface area contributed by atoms with E-state index in [1.807, 2.05) is 0 Å². The van der Waals surface area contributed by atoms with Gasteiger partial charge in [0, 0.05) is 23.4 Å². The van der Waals surface area contributed by atoms with Crippen LogP contribution in [0.4, 0.5) is 14.5 Å². The van der Waals surface area contributed by atoms with Gasteiger partial charge in [-0.25, -0.2) is 9.37 Å². The molecule has 2 atom stereocenters. The lowest BCUT2D eigenvalue weighted by Crippen LogP contribution is -2.38. The van der Waals surface area contributed by atoms with Crippen LogP contribution in [0.1, 0.15) is 56.4 Å². The summed E-state index contributed by atoms with van der Waals surface area (Å²) in [6.07, 6.45) is 8.62. The number of nitrogens with one attached hydrogen (secondary N) is 1. The zero-order valence-corrected chi connectivity index (χ0v) is 18.3. The summed E-state index contributed by atoms with van der Waals surface area (Å²) in [5.74, 6) is -2.79. The van der Waals surface area contributed by atoms with E-state index in [0.717, 1.165) is 50.1 Å². The summed E-state index contributed by atoms with van der Waals surface area (Å²) < 4.78 is 33.5. The third-order valence-corrected chi connectivity index (χ3v) is 7.40. The Morgan fingerprint density at radius 1 is 1.26 bits per heavy atom. The minimum absolute atomic E-state index is 0.101. The van der Waals surface area contributed by atoms with E-state index in [1.165, 1.54) is 20.0 Å². The van der Waals surface area contributed by atoms with Crippen molar-refractivity contribution in [1.29, 1.82) is 0 Å². The topological polar surface area (TPSA) is 77.2 Å². The molecule has 5 nitrogen and oxygen atoms in total. The molecule has 166 valence electrons. The normalized spacial score (nSPS) is 22.5. The zero-order valence-electron chi connectivity index (χ0n) is 17.5. The largest absolute Gasteiger partial charge is 0.493 e. The highest BCUT2D eigenvalue weighted by Crippen LogP contribution is 2.55. The predicted octanol–water partition coefficient (Wildman–Crippen LogP) is 5.42. The van der Waals surface area contributed by atoms with Crippen molar-refractivity contribution >= 4 is 23.5 Å². The minimum atomic E-state index is -1.00. The molecule has 0 bridgehead atoms. The fraction of sp³-hybridized carbons (Fsp3) is 0.478. The average molecular weight is 448 g/mol. The molecule has 2 aromatic rings. The lowest BCUT2D eigenvalue weighted by atomic mass is 9.62. The summed E-state index contributed by atoms with van der Waals surface area (Å²) in [4.78, 5) is 17.6. The van der Waals surface area contributed by atoms with Crippen molar-refractivity contribution in [3.05, 3.63) is 47.7 Å². The van der Waals surface area contributed by atoms with Crippen molar-refractivity contribution in [2.45, 2.75) is 55.9 Å². The number of pyridine rings is 1. The number of rotatable bonds is 5. The van der Waals surface area contributed by atoms with Gasteiger partial charge in [0.2, 0.25) is 11.7 Å². The molecule has 2 saturated carbocycles. The highest BCUT2D eigenvalue weighted by atomic mass is 32.2. The maximum atomic E-state index is 14.4. The molecule has 1 spiro atoms. The van der Waals surface area contributed by atoms with Gasteiger partial charge in [-0.1, -0.05) is 18.9 Å². The van der Waals surface area contributed by atoms with Gasteiger partial charge in [-0.15, -0.1) is 0 Å². The minimum Gasteiger partial charge on any atom is -0.493 e. The number of carbonyl (C=O) groups is 1. The summed E-state index contributed by atoms with van der Waals surface area (Å²) in [5, 5.41) is 9.19. The van der Waals surface area contributed by atoms with Crippen LogP contribution < -0.4 is 15.2 Å². The van der Waals surface area contributed by atoms with E-state index in [1.54, 1.807) is 24.4 Å². The summed E-state index contributed by atoms with van der Waals surface area (Å²) in [6, 6.07) is 6.13. The number of hydrogen-bond donors (Lipinski definition) is 2. The standard InChI is InChI=1S/C23H27F2N3O2S/c1-30-21-16(4-5-18(24)20(21)25)15-6-10-23(8-2-3-9-23)13-17(15)22(29)28-14-7-11-27-19(12-14)31-26/h4-5,7,11-12,15,17H,2-3,6,8-10,13,26H2,1H3,(H,27,28,29). The monoisotopic (exact) mass is 447 g/mol. The maximum absolute atomic E-state index is 14.4. The Bertz CT molecular complexity index is 966. The number of benzene rings is 1. The van der Waals surface area contributed by atoms with Crippen LogP contribution in [0.5, 0.6) is 5.75 Å². The Morgan fingerprint density at radius 2 is 2.03 bits per heavy atom. The van der Waals surface area contributed by atoms with Gasteiger partial charge in [0.05, 0.1) is 7.11 Å². The summed E-state index contributed by atoms with van der Waals surface area (Å²) in [5.41, 5.74) is 1.33. The number of nitrogens with zero attached hydrogens (tertiary/aromatic N) is 1. The van der Waals surface area contributed by atoms with Crippen molar-refractivity contribution in [2.24, 2.45) is 16.5 Å². The molecule has 1 heterocycles. The SMILES string of the molecule is COc1c(C2CCC3(CCCC3)CC2C(=O)Nc2ccnc(SN)c2)ccc(F)c1F. The fourth-order valence-corrected chi connectivity index (χ4v) is 5.75. The Kier molecular flexibility index (Phi) is 6.48. The number of nitrogens with two attached hydrogens (primary N) is 1. The molecule has 2 unspecified atom stereocenters. The number of amides is 1. The van der Waals surface area contributed by atoms with Crippen LogP contribution in [0.2, 0.25) is 0 Å². The lowest BCUT2D eigenvalue weighted by molar-refractivity contribution is -0.123. The van der Waals surface area contributed by atoms with Crippen molar-refractivity contribution in [2.75, 3.05) is 12.4 Å². The number of carbonyl (C=O) groups excluding carboxylic acids is 1. The summed E-state index contributed by atoms with van der Waals surface area (Å²) in [7, 11) is 1.33. The van der Waals surface area contributed by atoms with E-state index in [0.29, 0.717) is 16.3 Å². The number of ether oxygens (including phenoxy) is 1. The van der Waals surface area contributed by atoms with Crippen molar-refractivity contribution in [3.63, 3.8) is 0 Å². The zero-order chi connectivity index (χ0) is 22.0. The molecule has 0 saturated heterocycles. The van der Waals surface area contributed by atoms with E-state index in [2.05, 4.69) is 10.3 Å². The van der Waals surface area contributed by atoms with Crippen LogP contribution in [-0.4, -0.2) is 18.0 Å². The van der Waals surface area contributed by atoms with Crippen LogP contribution in [-0.2, 0) is 4.79 Å². The highest BCUT2D eigenvalue weighted by Gasteiger charge is 2.46. The highest BCUT2D eigenvalue weighted by molar-refractivity contribution is 7.97. The van der Waals surface area contributed by atoms with E-state index in [4.69, 9.17) is 9.88 Å². The van der Waals surface area contributed by atoms with Crippen LogP contribution in [0, 0.1) is 23.0 Å². The van der Waals surface area contributed by atoms with Gasteiger partial charge < -0.3 is 10.1 Å². The second-order valence-electron chi connectivity index (χ2n) is 8.64. The van der Waals surface area contributed by atoms with E-state index in [-0.39, 0.29) is 28.9 Å². The van der Waals surface area contributed by atoms with Crippen LogP contribution in [0.25, 0.3) is 0 Å². The van der Waals surface area contributed by atoms with Gasteiger partial charge in [-0.2, -0.15) is 4.39 Å². The number of hydrogen-bond acceptors (Lipinski definition) is 5. The first-order valence-corrected chi connectivity index (χ1v) is 11.5. The van der Waals surface area contributed by atoms with Gasteiger partial charge in [0.1, 0.15) is 5.03 Å². The van der Waals surface area contributed by atoms with Crippen molar-refractivity contribution < 1.29 is 18.3 Å². The molecule has 2 fully saturated rings. The summed E-state index contributed by atoms with van der Waals surface area (Å²) in [6.45, 7) is 0. The molecular weight excluding hydrogens is 420 g/mol. The first-order valence-electron chi connectivity index (χ1n) is 10.6. The first kappa shape index (κ1) is 22.0. The maximum Gasteiger partial charge on any atom is 0.228 e. The molecule has 0 radical (unpaired) electrons. The average Bonchev–Trinajstić information content (AvgIpc) is 3.23. The van der Waals surface area contributed by atoms with E-state index < -0.39 is 11.6 Å². The van der Waals surface area contributed by atoms with Gasteiger partial charge in [-0.3, -0.25) is 9.93 Å². The smallest absolute Gasteiger partial charge is 0.228 e. The molecule has 3 N–H and O–H groups in total. The summed E-state index contributed by atoms with van der Waals surface area (Å²) >= 11 is 1.01. The second-order valence-corrected chi connectivity index (χ2v) is 9.29.